The van der Waals surface area contributed by atoms with E-state index in [2.05, 4.69) is 94.0 Å². The zero-order chi connectivity index (χ0) is 17.1. The van der Waals surface area contributed by atoms with Gasteiger partial charge in [-0.25, -0.2) is 4.57 Å². The molecule has 0 aliphatic heterocycles. The predicted octanol–water partition coefficient (Wildman–Crippen LogP) is 5.10. The van der Waals surface area contributed by atoms with Crippen molar-refractivity contribution in [2.75, 3.05) is 0 Å². The molecule has 0 fully saturated rings. The number of benzene rings is 2. The molecule has 0 amide bonds. The van der Waals surface area contributed by atoms with Crippen molar-refractivity contribution in [1.29, 1.82) is 0 Å². The molecule has 3 aromatic rings. The topological polar surface area (TPSA) is 3.88 Å². The Bertz CT molecular complexity index is 964. The lowest BCUT2D eigenvalue weighted by atomic mass is 9.80. The van der Waals surface area contributed by atoms with Crippen LogP contribution in [0.3, 0.4) is 0 Å². The fourth-order valence-electron chi connectivity index (χ4n) is 4.22. The third-order valence-electron chi connectivity index (χ3n) is 5.77. The van der Waals surface area contributed by atoms with Gasteiger partial charge in [-0.2, -0.15) is 0 Å². The molecule has 1 nitrogen and oxygen atoms in total. The summed E-state index contributed by atoms with van der Waals surface area (Å²) in [5.41, 5.74) is 11.2. The van der Waals surface area contributed by atoms with E-state index >= 15 is 0 Å². The van der Waals surface area contributed by atoms with Crippen molar-refractivity contribution in [3.63, 3.8) is 0 Å². The molecule has 0 unspecified atom stereocenters. The summed E-state index contributed by atoms with van der Waals surface area (Å²) in [6.07, 6.45) is 2.12. The van der Waals surface area contributed by atoms with Gasteiger partial charge in [0.25, 0.3) is 0 Å². The summed E-state index contributed by atoms with van der Waals surface area (Å²) in [4.78, 5) is 0. The second kappa shape index (κ2) is 5.04. The van der Waals surface area contributed by atoms with E-state index < -0.39 is 0 Å². The van der Waals surface area contributed by atoms with Gasteiger partial charge in [0.1, 0.15) is 7.05 Å². The lowest BCUT2D eigenvalue weighted by Crippen LogP contribution is -2.30. The van der Waals surface area contributed by atoms with Gasteiger partial charge in [0, 0.05) is 23.1 Å². The zero-order valence-corrected chi connectivity index (χ0v) is 15.1. The van der Waals surface area contributed by atoms with Crippen molar-refractivity contribution >= 4 is 0 Å². The molecule has 0 radical (unpaired) electrons. The quantitative estimate of drug-likeness (QED) is 0.550. The van der Waals surface area contributed by atoms with Gasteiger partial charge in [-0.3, -0.25) is 0 Å². The fraction of sp³-hybridized carbons (Fsp3) is 0.261. The first-order valence-corrected chi connectivity index (χ1v) is 8.62. The molecular formula is C23H24N+. The van der Waals surface area contributed by atoms with Crippen LogP contribution in [0.25, 0.3) is 22.4 Å². The first-order valence-electron chi connectivity index (χ1n) is 8.62. The van der Waals surface area contributed by atoms with Gasteiger partial charge in [0.05, 0.1) is 0 Å². The Morgan fingerprint density at radius 1 is 0.792 bits per heavy atom. The Morgan fingerprint density at radius 3 is 2.25 bits per heavy atom. The molecule has 0 bridgehead atoms. The van der Waals surface area contributed by atoms with Crippen LogP contribution in [0.5, 0.6) is 0 Å². The minimum Gasteiger partial charge on any atom is -0.201 e. The molecule has 1 aromatic heterocycles. The van der Waals surface area contributed by atoms with Crippen molar-refractivity contribution in [1.82, 2.24) is 0 Å². The number of hydrogen-bond donors (Lipinski definition) is 0. The first-order chi connectivity index (χ1) is 11.4. The maximum absolute atomic E-state index is 2.42. The van der Waals surface area contributed by atoms with Crippen LogP contribution in [0, 0.1) is 13.8 Å². The predicted molar refractivity (Wildman–Crippen MR) is 100 cm³/mol. The molecule has 0 N–H and O–H groups in total. The summed E-state index contributed by atoms with van der Waals surface area (Å²) in [7, 11) is 2.12. The van der Waals surface area contributed by atoms with Crippen LogP contribution in [0.15, 0.2) is 54.7 Å². The number of fused-ring (bicyclic) bond motifs is 3. The highest BCUT2D eigenvalue weighted by atomic mass is 14.9. The number of nitrogens with zero attached hydrogens (tertiary/aromatic N) is 1. The largest absolute Gasteiger partial charge is 0.212 e. The molecular weight excluding hydrogens is 290 g/mol. The summed E-state index contributed by atoms with van der Waals surface area (Å²) in [5, 5.41) is 0. The molecule has 1 heteroatoms. The Kier molecular flexibility index (Phi) is 3.18. The molecule has 120 valence electrons. The Hall–Kier alpha value is -2.41. The van der Waals surface area contributed by atoms with Gasteiger partial charge in [-0.15, -0.1) is 0 Å². The molecule has 1 heterocycles. The third-order valence-corrected chi connectivity index (χ3v) is 5.77. The first kappa shape index (κ1) is 15.1. The van der Waals surface area contributed by atoms with E-state index in [1.54, 1.807) is 0 Å². The second-order valence-corrected chi connectivity index (χ2v) is 7.46. The molecule has 0 spiro atoms. The smallest absolute Gasteiger partial charge is 0.201 e. The number of hydrogen-bond acceptors (Lipinski definition) is 0. The van der Waals surface area contributed by atoms with E-state index in [0.29, 0.717) is 0 Å². The highest BCUT2D eigenvalue weighted by Crippen LogP contribution is 2.51. The lowest BCUT2D eigenvalue weighted by Gasteiger charge is -2.23. The van der Waals surface area contributed by atoms with Gasteiger partial charge >= 0.3 is 0 Å². The highest BCUT2D eigenvalue weighted by Gasteiger charge is 2.37. The SMILES string of the molecule is Cc1c(-c2cccc[n+]2C)cc2c(c1C)-c1ccccc1C2(C)C. The number of pyridine rings is 1. The zero-order valence-electron chi connectivity index (χ0n) is 15.1. The van der Waals surface area contributed by atoms with Crippen LogP contribution < -0.4 is 4.57 Å². The van der Waals surface area contributed by atoms with Gasteiger partial charge in [0.15, 0.2) is 6.20 Å². The second-order valence-electron chi connectivity index (χ2n) is 7.46. The van der Waals surface area contributed by atoms with Gasteiger partial charge in [-0.1, -0.05) is 38.1 Å². The van der Waals surface area contributed by atoms with Crippen LogP contribution in [0.2, 0.25) is 0 Å². The van der Waals surface area contributed by atoms with E-state index in [0.717, 1.165) is 0 Å². The maximum atomic E-state index is 2.42. The van der Waals surface area contributed by atoms with Crippen molar-refractivity contribution in [3.8, 4) is 22.4 Å². The minimum atomic E-state index is 0.0481. The molecule has 0 saturated heterocycles. The van der Waals surface area contributed by atoms with E-state index in [1.165, 1.54) is 44.6 Å². The molecule has 1 aliphatic rings. The molecule has 1 aliphatic carbocycles. The maximum Gasteiger partial charge on any atom is 0.212 e. The number of aryl methyl sites for hydroxylation is 1. The Morgan fingerprint density at radius 2 is 1.50 bits per heavy atom. The average Bonchev–Trinajstić information content (AvgIpc) is 2.80. The van der Waals surface area contributed by atoms with Crippen LogP contribution in [-0.2, 0) is 12.5 Å². The van der Waals surface area contributed by atoms with Gasteiger partial charge < -0.3 is 0 Å². The van der Waals surface area contributed by atoms with Crippen molar-refractivity contribution in [2.24, 2.45) is 7.05 Å². The van der Waals surface area contributed by atoms with Crippen LogP contribution in [-0.4, -0.2) is 0 Å². The van der Waals surface area contributed by atoms with E-state index in [9.17, 15) is 0 Å². The molecule has 24 heavy (non-hydrogen) atoms. The van der Waals surface area contributed by atoms with Crippen LogP contribution in [0.4, 0.5) is 0 Å². The van der Waals surface area contributed by atoms with Crippen molar-refractivity contribution in [2.45, 2.75) is 33.1 Å². The summed E-state index contributed by atoms with van der Waals surface area (Å²) in [6, 6.07) is 17.7. The molecule has 0 atom stereocenters. The van der Waals surface area contributed by atoms with E-state index in [-0.39, 0.29) is 5.41 Å². The Labute approximate surface area is 144 Å². The highest BCUT2D eigenvalue weighted by molar-refractivity contribution is 5.86. The number of aromatic nitrogens is 1. The lowest BCUT2D eigenvalue weighted by molar-refractivity contribution is -0.660. The normalized spacial score (nSPS) is 14.4. The molecule has 4 rings (SSSR count). The van der Waals surface area contributed by atoms with Gasteiger partial charge in [0.2, 0.25) is 5.69 Å². The van der Waals surface area contributed by atoms with Crippen molar-refractivity contribution < 1.29 is 4.57 Å². The molecule has 2 aromatic carbocycles. The van der Waals surface area contributed by atoms with E-state index in [4.69, 9.17) is 0 Å². The summed E-state index contributed by atoms with van der Waals surface area (Å²) >= 11 is 0. The minimum absolute atomic E-state index is 0.0481. The number of rotatable bonds is 1. The van der Waals surface area contributed by atoms with E-state index in [1.807, 2.05) is 0 Å². The fourth-order valence-corrected chi connectivity index (χ4v) is 4.22. The summed E-state index contributed by atoms with van der Waals surface area (Å²) in [6.45, 7) is 9.23. The monoisotopic (exact) mass is 314 g/mol. The third kappa shape index (κ3) is 1.91. The Balaban J connectivity index is 2.07. The summed E-state index contributed by atoms with van der Waals surface area (Å²) in [5.74, 6) is 0. The average molecular weight is 314 g/mol. The van der Waals surface area contributed by atoms with Crippen molar-refractivity contribution in [3.05, 3.63) is 77.0 Å². The van der Waals surface area contributed by atoms with Crippen LogP contribution >= 0.6 is 0 Å². The van der Waals surface area contributed by atoms with Gasteiger partial charge in [-0.05, 0) is 59.4 Å². The molecule has 0 saturated carbocycles. The van der Waals surface area contributed by atoms with Crippen LogP contribution in [0.1, 0.15) is 36.1 Å². The summed E-state index contributed by atoms with van der Waals surface area (Å²) < 4.78 is 2.21. The standard InChI is InChI=1S/C23H24N/c1-15-16(2)22-17-10-6-7-11-19(17)23(3,4)20(22)14-18(15)21-12-8-9-13-24(21)5/h6-14H,1-5H3/q+1.